The topological polar surface area (TPSA) is 99.2 Å². The molecule has 2 aliphatic heterocycles. The monoisotopic (exact) mass is 414 g/mol. The molecule has 0 fully saturated rings. The van der Waals surface area contributed by atoms with Gasteiger partial charge in [0.05, 0.1) is 11.3 Å². The fourth-order valence-electron chi connectivity index (χ4n) is 5.05. The lowest BCUT2D eigenvalue weighted by Gasteiger charge is -2.43. The molecule has 2 aromatic rings. The fourth-order valence-corrected chi connectivity index (χ4v) is 5.05. The van der Waals surface area contributed by atoms with Gasteiger partial charge in [0.1, 0.15) is 23.1 Å². The Kier molecular flexibility index (Phi) is 4.02. The molecule has 0 bridgehead atoms. The van der Waals surface area contributed by atoms with Gasteiger partial charge in [-0.2, -0.15) is 5.26 Å². The Hall–Kier alpha value is -3.92. The van der Waals surface area contributed by atoms with Crippen molar-refractivity contribution in [2.45, 2.75) is 31.6 Å². The first-order valence-electron chi connectivity index (χ1n) is 10.1. The summed E-state index contributed by atoms with van der Waals surface area (Å²) in [4.78, 5) is 28.5. The summed E-state index contributed by atoms with van der Waals surface area (Å²) in [6.07, 6.45) is 1.36. The predicted molar refractivity (Wildman–Crippen MR) is 113 cm³/mol. The van der Waals surface area contributed by atoms with E-state index in [0.29, 0.717) is 24.2 Å². The second kappa shape index (κ2) is 6.54. The standard InChI is InChI=1S/C24H19FN4O2/c1-13-5-2-3-6-18(13)29-19-7-4-8-20(30)21(19)24(16(12-26)22(29)27)15-11-14(25)9-10-17(15)28-23(24)31/h2-3,5-6,9-11H,4,7-8,27H2,1H3,(H,28,31)/t24-/m0/s1. The number of amides is 1. The van der Waals surface area contributed by atoms with Crippen LogP contribution in [0.5, 0.6) is 0 Å². The summed E-state index contributed by atoms with van der Waals surface area (Å²) >= 11 is 0. The smallest absolute Gasteiger partial charge is 0.245 e. The molecule has 0 unspecified atom stereocenters. The number of anilines is 2. The average molecular weight is 414 g/mol. The minimum atomic E-state index is -1.75. The van der Waals surface area contributed by atoms with Gasteiger partial charge in [-0.15, -0.1) is 0 Å². The van der Waals surface area contributed by atoms with Crippen LogP contribution in [0.15, 0.2) is 65.1 Å². The van der Waals surface area contributed by atoms with Crippen LogP contribution in [-0.4, -0.2) is 11.7 Å². The molecule has 31 heavy (non-hydrogen) atoms. The summed E-state index contributed by atoms with van der Waals surface area (Å²) in [7, 11) is 0. The van der Waals surface area contributed by atoms with Crippen LogP contribution in [0, 0.1) is 24.1 Å². The van der Waals surface area contributed by atoms with Crippen molar-refractivity contribution in [2.24, 2.45) is 5.73 Å². The van der Waals surface area contributed by atoms with Crippen molar-refractivity contribution < 1.29 is 14.0 Å². The highest BCUT2D eigenvalue weighted by atomic mass is 19.1. The Morgan fingerprint density at radius 2 is 1.97 bits per heavy atom. The number of fused-ring (bicyclic) bond motifs is 3. The van der Waals surface area contributed by atoms with E-state index in [4.69, 9.17) is 5.73 Å². The third-order valence-corrected chi connectivity index (χ3v) is 6.34. The van der Waals surface area contributed by atoms with Gasteiger partial charge in [-0.3, -0.25) is 14.5 Å². The third kappa shape index (κ3) is 2.36. The second-order valence-corrected chi connectivity index (χ2v) is 7.99. The zero-order valence-electron chi connectivity index (χ0n) is 16.8. The van der Waals surface area contributed by atoms with Crippen molar-refractivity contribution in [1.29, 1.82) is 5.26 Å². The number of Topliss-reactive ketones (excluding diaryl/α,β-unsaturated/α-hetero) is 1. The number of aryl methyl sites for hydroxylation is 1. The van der Waals surface area contributed by atoms with Crippen molar-refractivity contribution in [1.82, 2.24) is 0 Å². The van der Waals surface area contributed by atoms with Gasteiger partial charge in [0.2, 0.25) is 5.91 Å². The van der Waals surface area contributed by atoms with E-state index in [1.165, 1.54) is 18.2 Å². The van der Waals surface area contributed by atoms with Gasteiger partial charge >= 0.3 is 0 Å². The lowest BCUT2D eigenvalue weighted by atomic mass is 9.64. The quantitative estimate of drug-likeness (QED) is 0.744. The van der Waals surface area contributed by atoms with Crippen LogP contribution in [0.2, 0.25) is 0 Å². The van der Waals surface area contributed by atoms with E-state index in [-0.39, 0.29) is 34.7 Å². The van der Waals surface area contributed by atoms with E-state index in [2.05, 4.69) is 11.4 Å². The molecule has 1 amide bonds. The summed E-state index contributed by atoms with van der Waals surface area (Å²) in [6, 6.07) is 13.5. The Morgan fingerprint density at radius 1 is 1.19 bits per heavy atom. The van der Waals surface area contributed by atoms with Crippen LogP contribution in [0.3, 0.4) is 0 Å². The van der Waals surface area contributed by atoms with E-state index in [1.54, 1.807) is 4.90 Å². The third-order valence-electron chi connectivity index (χ3n) is 6.34. The number of nitrogens with one attached hydrogen (secondary N) is 1. The summed E-state index contributed by atoms with van der Waals surface area (Å²) in [5.74, 6) is -1.26. The number of hydrogen-bond donors (Lipinski definition) is 2. The van der Waals surface area contributed by atoms with E-state index < -0.39 is 17.1 Å². The largest absolute Gasteiger partial charge is 0.384 e. The molecule has 2 aromatic carbocycles. The average Bonchev–Trinajstić information content (AvgIpc) is 3.01. The van der Waals surface area contributed by atoms with Crippen molar-refractivity contribution >= 4 is 23.1 Å². The number of nitrogens with zero attached hydrogens (tertiary/aromatic N) is 2. The molecule has 1 atom stereocenters. The zero-order valence-corrected chi connectivity index (χ0v) is 16.8. The number of hydrogen-bond acceptors (Lipinski definition) is 5. The number of halogens is 1. The molecule has 0 radical (unpaired) electrons. The molecule has 1 spiro atoms. The first kappa shape index (κ1) is 19.1. The van der Waals surface area contributed by atoms with Gasteiger partial charge in [-0.05, 0) is 49.6 Å². The molecule has 2 heterocycles. The molecule has 6 nitrogen and oxygen atoms in total. The number of allylic oxidation sites excluding steroid dienone is 1. The highest BCUT2D eigenvalue weighted by Crippen LogP contribution is 2.55. The molecular weight excluding hydrogens is 395 g/mol. The van der Waals surface area contributed by atoms with Crippen LogP contribution in [0.25, 0.3) is 0 Å². The van der Waals surface area contributed by atoms with E-state index in [1.807, 2.05) is 31.2 Å². The predicted octanol–water partition coefficient (Wildman–Crippen LogP) is 3.55. The Morgan fingerprint density at radius 3 is 2.71 bits per heavy atom. The minimum Gasteiger partial charge on any atom is -0.384 e. The maximum atomic E-state index is 14.3. The van der Waals surface area contributed by atoms with Gasteiger partial charge in [0.25, 0.3) is 0 Å². The number of benzene rings is 2. The molecule has 0 aromatic heterocycles. The molecule has 5 rings (SSSR count). The summed E-state index contributed by atoms with van der Waals surface area (Å²) in [6.45, 7) is 1.91. The first-order valence-corrected chi connectivity index (χ1v) is 10.1. The summed E-state index contributed by atoms with van der Waals surface area (Å²) in [5.41, 5.74) is 7.84. The van der Waals surface area contributed by atoms with Gasteiger partial charge < -0.3 is 11.1 Å². The fraction of sp³-hybridized carbons (Fsp3) is 0.208. The Labute approximate surface area is 178 Å². The minimum absolute atomic E-state index is 0.0633. The Bertz CT molecular complexity index is 1290. The summed E-state index contributed by atoms with van der Waals surface area (Å²) in [5, 5.41) is 12.9. The van der Waals surface area contributed by atoms with Crippen molar-refractivity contribution in [3.8, 4) is 6.07 Å². The molecule has 0 saturated heterocycles. The molecule has 3 aliphatic rings. The zero-order chi connectivity index (χ0) is 21.9. The molecule has 3 N–H and O–H groups in total. The van der Waals surface area contributed by atoms with E-state index >= 15 is 0 Å². The second-order valence-electron chi connectivity index (χ2n) is 7.99. The van der Waals surface area contributed by atoms with Crippen LogP contribution in [0.4, 0.5) is 15.8 Å². The van der Waals surface area contributed by atoms with E-state index in [9.17, 15) is 19.2 Å². The molecule has 154 valence electrons. The molecule has 0 saturated carbocycles. The van der Waals surface area contributed by atoms with Crippen molar-refractivity contribution in [2.75, 3.05) is 10.2 Å². The SMILES string of the molecule is Cc1ccccc1N1C(N)=C(C#N)[C@]2(C(=O)Nc3ccc(F)cc32)C2=C1CCCC2=O. The van der Waals surface area contributed by atoms with Gasteiger partial charge in [0.15, 0.2) is 5.78 Å². The van der Waals surface area contributed by atoms with Gasteiger partial charge in [0, 0.05) is 28.9 Å². The number of carbonyl (C=O) groups excluding carboxylic acids is 2. The number of nitriles is 1. The number of para-hydroxylation sites is 1. The lowest BCUT2D eigenvalue weighted by Crippen LogP contribution is -2.50. The molecular formula is C24H19FN4O2. The number of nitrogens with two attached hydrogens (primary N) is 1. The van der Waals surface area contributed by atoms with Crippen LogP contribution < -0.4 is 16.0 Å². The number of carbonyl (C=O) groups is 2. The van der Waals surface area contributed by atoms with Crippen molar-refractivity contribution in [3.05, 3.63) is 82.1 Å². The maximum absolute atomic E-state index is 14.3. The highest BCUT2D eigenvalue weighted by molar-refractivity contribution is 6.19. The number of rotatable bonds is 1. The molecule has 7 heteroatoms. The number of ketones is 1. The Balaban J connectivity index is 1.91. The van der Waals surface area contributed by atoms with Crippen molar-refractivity contribution in [3.63, 3.8) is 0 Å². The van der Waals surface area contributed by atoms with Gasteiger partial charge in [-0.1, -0.05) is 18.2 Å². The lowest BCUT2D eigenvalue weighted by molar-refractivity contribution is -0.122. The molecule has 1 aliphatic carbocycles. The maximum Gasteiger partial charge on any atom is 0.245 e. The first-order chi connectivity index (χ1) is 14.9. The highest BCUT2D eigenvalue weighted by Gasteiger charge is 2.60. The van der Waals surface area contributed by atoms with Crippen LogP contribution >= 0.6 is 0 Å². The summed E-state index contributed by atoms with van der Waals surface area (Å²) < 4.78 is 14.3. The van der Waals surface area contributed by atoms with Crippen LogP contribution in [-0.2, 0) is 15.0 Å². The van der Waals surface area contributed by atoms with Crippen LogP contribution in [0.1, 0.15) is 30.4 Å². The van der Waals surface area contributed by atoms with E-state index in [0.717, 1.165) is 11.3 Å². The van der Waals surface area contributed by atoms with Gasteiger partial charge in [-0.25, -0.2) is 4.39 Å². The normalized spacial score (nSPS) is 22.4.